The summed E-state index contributed by atoms with van der Waals surface area (Å²) in [6.45, 7) is 0. The van der Waals surface area contributed by atoms with Gasteiger partial charge in [0, 0.05) is 19.3 Å². The largest absolute Gasteiger partial charge is 0.508 e. The summed E-state index contributed by atoms with van der Waals surface area (Å²) >= 11 is 6.08. The van der Waals surface area contributed by atoms with Crippen molar-refractivity contribution < 1.29 is 5.11 Å². The van der Waals surface area contributed by atoms with Gasteiger partial charge in [-0.2, -0.15) is 4.98 Å². The van der Waals surface area contributed by atoms with Gasteiger partial charge in [0.2, 0.25) is 5.28 Å². The summed E-state index contributed by atoms with van der Waals surface area (Å²) in [4.78, 5) is 8.68. The van der Waals surface area contributed by atoms with Crippen LogP contribution in [0.3, 0.4) is 0 Å². The third-order valence-corrected chi connectivity index (χ3v) is 5.11. The minimum absolute atomic E-state index is 0.264. The number of nitrogens with zero attached hydrogens (tertiary/aromatic N) is 3. The Morgan fingerprint density at radius 1 is 1.17 bits per heavy atom. The van der Waals surface area contributed by atoms with Gasteiger partial charge in [-0.1, -0.05) is 12.1 Å². The average molecular weight is 343 g/mol. The van der Waals surface area contributed by atoms with E-state index in [0.717, 1.165) is 36.1 Å². The van der Waals surface area contributed by atoms with Crippen molar-refractivity contribution in [2.24, 2.45) is 0 Å². The molecule has 24 heavy (non-hydrogen) atoms. The predicted molar refractivity (Wildman–Crippen MR) is 95.8 cm³/mol. The van der Waals surface area contributed by atoms with Crippen LogP contribution in [-0.4, -0.2) is 26.7 Å². The van der Waals surface area contributed by atoms with Gasteiger partial charge < -0.3 is 15.0 Å². The highest BCUT2D eigenvalue weighted by atomic mass is 35.5. The van der Waals surface area contributed by atoms with Gasteiger partial charge in [0.15, 0.2) is 0 Å². The summed E-state index contributed by atoms with van der Waals surface area (Å²) in [5, 5.41) is 13.8. The van der Waals surface area contributed by atoms with Crippen LogP contribution in [0.4, 0.5) is 5.82 Å². The monoisotopic (exact) mass is 342 g/mol. The molecule has 1 saturated carbocycles. The molecule has 2 N–H and O–H groups in total. The second-order valence-electron chi connectivity index (χ2n) is 6.31. The molecule has 0 amide bonds. The minimum Gasteiger partial charge on any atom is -0.508 e. The number of anilines is 1. The van der Waals surface area contributed by atoms with Crippen molar-refractivity contribution in [3.63, 3.8) is 0 Å². The van der Waals surface area contributed by atoms with Crippen LogP contribution in [-0.2, 0) is 0 Å². The zero-order chi connectivity index (χ0) is 16.7. The molecule has 0 aliphatic heterocycles. The topological polar surface area (TPSA) is 63.0 Å². The lowest BCUT2D eigenvalue weighted by molar-refractivity contribution is 0.474. The number of phenolic OH excluding ortho intramolecular Hbond substituents is 1. The lowest BCUT2D eigenvalue weighted by Crippen LogP contribution is -2.06. The Morgan fingerprint density at radius 2 is 1.96 bits per heavy atom. The van der Waals surface area contributed by atoms with Gasteiger partial charge in [0.25, 0.3) is 0 Å². The molecule has 6 heteroatoms. The van der Waals surface area contributed by atoms with Crippen molar-refractivity contribution in [2.75, 3.05) is 12.4 Å². The second-order valence-corrected chi connectivity index (χ2v) is 6.64. The van der Waals surface area contributed by atoms with Crippen molar-refractivity contribution >= 4 is 28.5 Å². The Balaban J connectivity index is 1.64. The molecule has 3 aromatic rings. The lowest BCUT2D eigenvalue weighted by atomic mass is 9.97. The first-order chi connectivity index (χ1) is 11.7. The third kappa shape index (κ3) is 2.59. The van der Waals surface area contributed by atoms with Crippen molar-refractivity contribution in [1.29, 1.82) is 0 Å². The molecule has 2 heterocycles. The fraction of sp³-hybridized carbons (Fsp3) is 0.333. The van der Waals surface area contributed by atoms with Crippen LogP contribution >= 0.6 is 11.6 Å². The summed E-state index contributed by atoms with van der Waals surface area (Å²) in [7, 11) is 1.84. The summed E-state index contributed by atoms with van der Waals surface area (Å²) < 4.78 is 2.23. The Morgan fingerprint density at radius 3 is 2.71 bits per heavy atom. The van der Waals surface area contributed by atoms with Crippen molar-refractivity contribution in [3.8, 4) is 5.75 Å². The first-order valence-electron chi connectivity index (χ1n) is 8.16. The molecule has 0 bridgehead atoms. The van der Waals surface area contributed by atoms with Crippen LogP contribution in [0.5, 0.6) is 5.75 Å². The number of benzene rings is 1. The van der Waals surface area contributed by atoms with Gasteiger partial charge in [0.1, 0.15) is 17.2 Å². The summed E-state index contributed by atoms with van der Waals surface area (Å²) in [6, 6.07) is 10.0. The van der Waals surface area contributed by atoms with Gasteiger partial charge in [-0.05, 0) is 60.5 Å². The minimum atomic E-state index is 0.264. The molecular formula is C18H19ClN4O. The van der Waals surface area contributed by atoms with E-state index >= 15 is 0 Å². The molecule has 0 spiro atoms. The standard InChI is InChI=1S/C18H19ClN4O/c1-20-16-15-8-9-23(17(15)22-18(19)21-16)13-5-2-12(10-13)11-3-6-14(24)7-4-11/h3-4,6-9,12-13,24H,2,5,10H2,1H3,(H,20,21,22). The molecule has 2 aromatic heterocycles. The van der Waals surface area contributed by atoms with Crippen LogP contribution < -0.4 is 5.32 Å². The predicted octanol–water partition coefficient (Wildman–Crippen LogP) is 4.34. The Bertz CT molecular complexity index is 875. The number of hydrogen-bond acceptors (Lipinski definition) is 4. The molecule has 1 aliphatic carbocycles. The number of aromatic nitrogens is 3. The van der Waals surface area contributed by atoms with Gasteiger partial charge in [-0.3, -0.25) is 0 Å². The van der Waals surface area contributed by atoms with E-state index in [1.165, 1.54) is 5.56 Å². The van der Waals surface area contributed by atoms with Crippen LogP contribution in [0.1, 0.15) is 36.8 Å². The maximum Gasteiger partial charge on any atom is 0.226 e. The van der Waals surface area contributed by atoms with Crippen LogP contribution in [0, 0.1) is 0 Å². The third-order valence-electron chi connectivity index (χ3n) is 4.94. The fourth-order valence-corrected chi connectivity index (χ4v) is 3.92. The highest BCUT2D eigenvalue weighted by Gasteiger charge is 2.28. The number of rotatable bonds is 3. The first-order valence-corrected chi connectivity index (χ1v) is 8.54. The molecule has 4 rings (SSSR count). The maximum absolute atomic E-state index is 9.46. The summed E-state index contributed by atoms with van der Waals surface area (Å²) in [5.74, 6) is 1.58. The quantitative estimate of drug-likeness (QED) is 0.695. The average Bonchev–Trinajstić information content (AvgIpc) is 3.21. The smallest absolute Gasteiger partial charge is 0.226 e. The van der Waals surface area contributed by atoms with E-state index in [-0.39, 0.29) is 5.28 Å². The maximum atomic E-state index is 9.46. The Labute approximate surface area is 145 Å². The van der Waals surface area contributed by atoms with E-state index in [4.69, 9.17) is 11.6 Å². The molecule has 2 atom stereocenters. The van der Waals surface area contributed by atoms with Crippen LogP contribution in [0.2, 0.25) is 5.28 Å². The zero-order valence-corrected chi connectivity index (χ0v) is 14.2. The van der Waals surface area contributed by atoms with Crippen LogP contribution in [0.15, 0.2) is 36.5 Å². The molecule has 1 aromatic carbocycles. The van der Waals surface area contributed by atoms with Gasteiger partial charge >= 0.3 is 0 Å². The first kappa shape index (κ1) is 15.3. The number of halogens is 1. The van der Waals surface area contributed by atoms with Crippen LogP contribution in [0.25, 0.3) is 11.0 Å². The number of hydrogen-bond donors (Lipinski definition) is 2. The summed E-state index contributed by atoms with van der Waals surface area (Å²) in [6.07, 6.45) is 5.38. The molecule has 0 radical (unpaired) electrons. The summed E-state index contributed by atoms with van der Waals surface area (Å²) in [5.41, 5.74) is 2.17. The molecule has 1 aliphatic rings. The molecule has 0 saturated heterocycles. The SMILES string of the molecule is CNc1nc(Cl)nc2c1ccn2C1CCC(c2ccc(O)cc2)C1. The fourth-order valence-electron chi connectivity index (χ4n) is 3.75. The molecule has 2 unspecified atom stereocenters. The number of phenols is 1. The van der Waals surface area contributed by atoms with E-state index in [1.807, 2.05) is 25.2 Å². The highest BCUT2D eigenvalue weighted by Crippen LogP contribution is 2.42. The van der Waals surface area contributed by atoms with Crippen molar-refractivity contribution in [2.45, 2.75) is 31.2 Å². The Hall–Kier alpha value is -2.27. The van der Waals surface area contributed by atoms with Gasteiger partial charge in [-0.15, -0.1) is 0 Å². The normalized spacial score (nSPS) is 20.6. The van der Waals surface area contributed by atoms with Crippen molar-refractivity contribution in [1.82, 2.24) is 14.5 Å². The van der Waals surface area contributed by atoms with Gasteiger partial charge in [0.05, 0.1) is 5.39 Å². The number of aromatic hydroxyl groups is 1. The van der Waals surface area contributed by atoms with E-state index in [2.05, 4.69) is 26.0 Å². The zero-order valence-electron chi connectivity index (χ0n) is 13.4. The number of nitrogens with one attached hydrogen (secondary N) is 1. The molecule has 5 nitrogen and oxygen atoms in total. The molecule has 1 fully saturated rings. The lowest BCUT2D eigenvalue weighted by Gasteiger charge is -2.15. The number of fused-ring (bicyclic) bond motifs is 1. The molecule has 124 valence electrons. The van der Waals surface area contributed by atoms with E-state index in [1.54, 1.807) is 12.1 Å². The van der Waals surface area contributed by atoms with Gasteiger partial charge in [-0.25, -0.2) is 4.98 Å². The van der Waals surface area contributed by atoms with E-state index in [9.17, 15) is 5.11 Å². The van der Waals surface area contributed by atoms with E-state index in [0.29, 0.717) is 17.7 Å². The Kier molecular flexibility index (Phi) is 3.81. The molecular weight excluding hydrogens is 324 g/mol. The highest BCUT2D eigenvalue weighted by molar-refractivity contribution is 6.28. The second kappa shape index (κ2) is 5.98. The van der Waals surface area contributed by atoms with Crippen molar-refractivity contribution in [3.05, 3.63) is 47.4 Å². The van der Waals surface area contributed by atoms with E-state index < -0.39 is 0 Å².